The van der Waals surface area contributed by atoms with Crippen LogP contribution in [0.4, 0.5) is 5.69 Å². The Labute approximate surface area is 131 Å². The molecule has 0 bridgehead atoms. The van der Waals surface area contributed by atoms with E-state index in [0.29, 0.717) is 10.7 Å². The molecule has 0 saturated heterocycles. The summed E-state index contributed by atoms with van der Waals surface area (Å²) in [7, 11) is 1.61. The highest BCUT2D eigenvalue weighted by molar-refractivity contribution is 7.18. The van der Waals surface area contributed by atoms with Gasteiger partial charge in [-0.2, -0.15) is 15.5 Å². The molecule has 22 heavy (non-hydrogen) atoms. The van der Waals surface area contributed by atoms with Gasteiger partial charge in [-0.3, -0.25) is 0 Å². The summed E-state index contributed by atoms with van der Waals surface area (Å²) in [6, 6.07) is 16.4. The lowest BCUT2D eigenvalue weighted by Crippen LogP contribution is -1.89. The summed E-state index contributed by atoms with van der Waals surface area (Å²) in [5, 5.41) is 18.2. The molecule has 0 aliphatic carbocycles. The summed E-state index contributed by atoms with van der Waals surface area (Å²) in [5.74, 6) is 0.752. The van der Waals surface area contributed by atoms with Crippen LogP contribution < -0.4 is 4.74 Å². The maximum Gasteiger partial charge on any atom is 0.208 e. The van der Waals surface area contributed by atoms with E-state index in [1.54, 1.807) is 31.4 Å². The van der Waals surface area contributed by atoms with Crippen LogP contribution >= 0.6 is 11.3 Å². The van der Waals surface area contributed by atoms with Gasteiger partial charge in [-0.1, -0.05) is 12.1 Å². The fourth-order valence-corrected chi connectivity index (χ4v) is 2.86. The van der Waals surface area contributed by atoms with E-state index < -0.39 is 6.04 Å². The molecule has 0 saturated carbocycles. The molecular formula is C16H12N4OS. The normalized spacial score (nSPS) is 12.4. The lowest BCUT2D eigenvalue weighted by atomic mass is 10.3. The molecule has 1 unspecified atom stereocenters. The molecule has 1 heterocycles. The number of ether oxygens (including phenoxy) is 1. The van der Waals surface area contributed by atoms with Crippen LogP contribution in [-0.4, -0.2) is 12.1 Å². The number of benzene rings is 2. The van der Waals surface area contributed by atoms with Crippen molar-refractivity contribution in [1.29, 1.82) is 5.26 Å². The average molecular weight is 308 g/mol. The minimum atomic E-state index is -0.695. The third-order valence-electron chi connectivity index (χ3n) is 3.03. The first-order valence-electron chi connectivity index (χ1n) is 6.60. The largest absolute Gasteiger partial charge is 0.497 e. The van der Waals surface area contributed by atoms with E-state index in [2.05, 4.69) is 21.3 Å². The van der Waals surface area contributed by atoms with Gasteiger partial charge in [-0.15, -0.1) is 11.3 Å². The van der Waals surface area contributed by atoms with Gasteiger partial charge in [0.25, 0.3) is 0 Å². The van der Waals surface area contributed by atoms with Gasteiger partial charge < -0.3 is 4.74 Å². The lowest BCUT2D eigenvalue weighted by molar-refractivity contribution is 0.415. The lowest BCUT2D eigenvalue weighted by Gasteiger charge is -1.99. The molecule has 1 aromatic heterocycles. The Morgan fingerprint density at radius 1 is 1.18 bits per heavy atom. The maximum absolute atomic E-state index is 9.31. The molecule has 6 heteroatoms. The van der Waals surface area contributed by atoms with Crippen molar-refractivity contribution in [3.8, 4) is 11.8 Å². The van der Waals surface area contributed by atoms with Gasteiger partial charge in [0.05, 0.1) is 29.1 Å². The Bertz CT molecular complexity index is 815. The molecule has 5 nitrogen and oxygen atoms in total. The van der Waals surface area contributed by atoms with Gasteiger partial charge in [0, 0.05) is 0 Å². The van der Waals surface area contributed by atoms with Gasteiger partial charge >= 0.3 is 0 Å². The second kappa shape index (κ2) is 6.33. The summed E-state index contributed by atoms with van der Waals surface area (Å²) in [6.45, 7) is 0. The van der Waals surface area contributed by atoms with Crippen LogP contribution in [0.1, 0.15) is 11.0 Å². The van der Waals surface area contributed by atoms with Crippen molar-refractivity contribution in [1.82, 2.24) is 4.98 Å². The number of rotatable bonds is 4. The number of hydrogen-bond donors (Lipinski definition) is 0. The Morgan fingerprint density at radius 2 is 1.95 bits per heavy atom. The van der Waals surface area contributed by atoms with Crippen LogP contribution in [-0.2, 0) is 0 Å². The zero-order chi connectivity index (χ0) is 15.4. The van der Waals surface area contributed by atoms with Gasteiger partial charge in [0.2, 0.25) is 6.04 Å². The molecule has 0 fully saturated rings. The summed E-state index contributed by atoms with van der Waals surface area (Å²) in [4.78, 5) is 4.45. The predicted molar refractivity (Wildman–Crippen MR) is 85.5 cm³/mol. The Morgan fingerprint density at radius 3 is 2.64 bits per heavy atom. The smallest absolute Gasteiger partial charge is 0.208 e. The molecular weight excluding hydrogens is 296 g/mol. The zero-order valence-corrected chi connectivity index (χ0v) is 12.6. The van der Waals surface area contributed by atoms with Crippen LogP contribution in [0.15, 0.2) is 58.8 Å². The molecule has 3 rings (SSSR count). The Hall–Kier alpha value is -2.78. The minimum Gasteiger partial charge on any atom is -0.497 e. The number of nitrogens with zero attached hydrogens (tertiary/aromatic N) is 4. The molecule has 0 spiro atoms. The maximum atomic E-state index is 9.31. The summed E-state index contributed by atoms with van der Waals surface area (Å²) < 4.78 is 6.13. The van der Waals surface area contributed by atoms with Crippen LogP contribution in [0.3, 0.4) is 0 Å². The molecule has 108 valence electrons. The first-order valence-corrected chi connectivity index (χ1v) is 7.42. The monoisotopic (exact) mass is 308 g/mol. The van der Waals surface area contributed by atoms with E-state index in [-0.39, 0.29) is 0 Å². The predicted octanol–water partition coefficient (Wildman–Crippen LogP) is 4.65. The third-order valence-corrected chi connectivity index (χ3v) is 4.12. The number of azo groups is 1. The first-order chi connectivity index (χ1) is 10.8. The zero-order valence-electron chi connectivity index (χ0n) is 11.8. The van der Waals surface area contributed by atoms with Crippen molar-refractivity contribution in [2.45, 2.75) is 6.04 Å². The number of thiazole rings is 1. The van der Waals surface area contributed by atoms with E-state index in [9.17, 15) is 5.26 Å². The first kappa shape index (κ1) is 14.2. The van der Waals surface area contributed by atoms with Crippen LogP contribution in [0.25, 0.3) is 10.2 Å². The number of methoxy groups -OCH3 is 1. The summed E-state index contributed by atoms with van der Waals surface area (Å²) in [5.41, 5.74) is 1.55. The Kier molecular flexibility index (Phi) is 4.08. The second-order valence-corrected chi connectivity index (χ2v) is 5.53. The molecule has 0 aliphatic heterocycles. The number of para-hydroxylation sites is 1. The molecule has 3 aromatic rings. The van der Waals surface area contributed by atoms with Crippen molar-refractivity contribution < 1.29 is 4.74 Å². The highest BCUT2D eigenvalue weighted by Gasteiger charge is 2.14. The summed E-state index contributed by atoms with van der Waals surface area (Å²) >= 11 is 1.46. The van der Waals surface area contributed by atoms with E-state index >= 15 is 0 Å². The number of nitriles is 1. The highest BCUT2D eigenvalue weighted by Crippen LogP contribution is 2.29. The van der Waals surface area contributed by atoms with Gasteiger partial charge in [0.1, 0.15) is 10.8 Å². The van der Waals surface area contributed by atoms with Crippen molar-refractivity contribution in [2.75, 3.05) is 7.11 Å². The number of fused-ring (bicyclic) bond motifs is 1. The molecule has 0 amide bonds. The van der Waals surface area contributed by atoms with E-state index in [1.807, 2.05) is 24.3 Å². The SMILES string of the molecule is COc1ccc(N=NC(C#N)c2nc3ccccc3s2)cc1. The van der Waals surface area contributed by atoms with E-state index in [1.165, 1.54) is 11.3 Å². The van der Waals surface area contributed by atoms with Gasteiger partial charge in [-0.25, -0.2) is 4.98 Å². The van der Waals surface area contributed by atoms with Crippen molar-refractivity contribution in [2.24, 2.45) is 10.2 Å². The molecule has 2 aromatic carbocycles. The molecule has 0 radical (unpaired) electrons. The highest BCUT2D eigenvalue weighted by atomic mass is 32.1. The number of hydrogen-bond acceptors (Lipinski definition) is 6. The molecule has 1 atom stereocenters. The van der Waals surface area contributed by atoms with E-state index in [4.69, 9.17) is 4.74 Å². The van der Waals surface area contributed by atoms with Gasteiger partial charge in [-0.05, 0) is 36.4 Å². The third kappa shape index (κ3) is 2.95. The minimum absolute atomic E-state index is 0.654. The standard InChI is InChI=1S/C16H12N4OS/c1-21-12-8-6-11(7-9-12)19-20-14(10-17)16-18-13-4-2-3-5-15(13)22-16/h2-9,14H,1H3. The van der Waals surface area contributed by atoms with Crippen molar-refractivity contribution in [3.05, 3.63) is 53.5 Å². The molecule has 0 aliphatic rings. The second-order valence-electron chi connectivity index (χ2n) is 4.46. The average Bonchev–Trinajstić information content (AvgIpc) is 3.00. The van der Waals surface area contributed by atoms with Crippen molar-refractivity contribution in [3.63, 3.8) is 0 Å². The van der Waals surface area contributed by atoms with Crippen molar-refractivity contribution >= 4 is 27.2 Å². The fourth-order valence-electron chi connectivity index (χ4n) is 1.91. The quantitative estimate of drug-likeness (QED) is 0.658. The summed E-state index contributed by atoms with van der Waals surface area (Å²) in [6.07, 6.45) is 0. The Balaban J connectivity index is 1.84. The topological polar surface area (TPSA) is 70.6 Å². The van der Waals surface area contributed by atoms with Crippen LogP contribution in [0.5, 0.6) is 5.75 Å². The molecule has 0 N–H and O–H groups in total. The van der Waals surface area contributed by atoms with Crippen LogP contribution in [0.2, 0.25) is 0 Å². The van der Waals surface area contributed by atoms with Crippen LogP contribution in [0, 0.1) is 11.3 Å². The fraction of sp³-hybridized carbons (Fsp3) is 0.125. The van der Waals surface area contributed by atoms with E-state index in [0.717, 1.165) is 16.0 Å². The van der Waals surface area contributed by atoms with Gasteiger partial charge in [0.15, 0.2) is 0 Å². The number of aromatic nitrogens is 1.